The van der Waals surface area contributed by atoms with E-state index in [-0.39, 0.29) is 29.4 Å². The van der Waals surface area contributed by atoms with Crippen LogP contribution < -0.4 is 20.1 Å². The van der Waals surface area contributed by atoms with E-state index in [0.717, 1.165) is 12.0 Å². The van der Waals surface area contributed by atoms with E-state index in [2.05, 4.69) is 10.6 Å². The molecule has 2 aromatic rings. The summed E-state index contributed by atoms with van der Waals surface area (Å²) in [5.74, 6) is -1.10. The third-order valence-corrected chi connectivity index (χ3v) is 8.69. The van der Waals surface area contributed by atoms with Crippen LogP contribution in [0.4, 0.5) is 0 Å². The van der Waals surface area contributed by atoms with Gasteiger partial charge in [0.25, 0.3) is 0 Å². The lowest BCUT2D eigenvalue weighted by Gasteiger charge is -2.30. The second-order valence-corrected chi connectivity index (χ2v) is 11.7. The molecule has 0 aromatic heterocycles. The Morgan fingerprint density at radius 2 is 1.90 bits per heavy atom. The zero-order chi connectivity index (χ0) is 28.0. The van der Waals surface area contributed by atoms with Gasteiger partial charge in [0.1, 0.15) is 22.3 Å². The van der Waals surface area contributed by atoms with E-state index in [9.17, 15) is 27.9 Å². The van der Waals surface area contributed by atoms with Gasteiger partial charge in [0.05, 0.1) is 25.7 Å². The van der Waals surface area contributed by atoms with Crippen molar-refractivity contribution in [2.24, 2.45) is 0 Å². The molecule has 12 heteroatoms. The Morgan fingerprint density at radius 3 is 2.54 bits per heavy atom. The van der Waals surface area contributed by atoms with Gasteiger partial charge in [0.15, 0.2) is 0 Å². The molecule has 2 aliphatic heterocycles. The van der Waals surface area contributed by atoms with Gasteiger partial charge in [-0.15, -0.1) is 0 Å². The maximum Gasteiger partial charge on any atom is 0.345 e. The zero-order valence-corrected chi connectivity index (χ0v) is 22.5. The average molecular weight is 560 g/mol. The van der Waals surface area contributed by atoms with E-state index < -0.39 is 32.7 Å². The number of hydrogen-bond acceptors (Lipinski definition) is 9. The van der Waals surface area contributed by atoms with Crippen molar-refractivity contribution in [1.82, 2.24) is 15.4 Å². The number of carbonyl (C=O) groups excluding carboxylic acids is 3. The predicted molar refractivity (Wildman–Crippen MR) is 142 cm³/mol. The van der Waals surface area contributed by atoms with E-state index in [4.69, 9.17) is 9.47 Å². The van der Waals surface area contributed by atoms with Crippen molar-refractivity contribution in [2.75, 3.05) is 26.8 Å². The zero-order valence-electron chi connectivity index (χ0n) is 21.7. The van der Waals surface area contributed by atoms with E-state index in [0.29, 0.717) is 50.9 Å². The summed E-state index contributed by atoms with van der Waals surface area (Å²) in [6, 6.07) is 11.8. The fourth-order valence-corrected chi connectivity index (χ4v) is 6.43. The van der Waals surface area contributed by atoms with E-state index in [1.807, 2.05) is 16.9 Å². The van der Waals surface area contributed by atoms with Gasteiger partial charge < -0.3 is 25.2 Å². The van der Waals surface area contributed by atoms with Crippen molar-refractivity contribution in [2.45, 2.75) is 49.3 Å². The molecule has 2 heterocycles. The molecule has 0 bridgehead atoms. The Morgan fingerprint density at radius 1 is 1.13 bits per heavy atom. The van der Waals surface area contributed by atoms with Crippen molar-refractivity contribution < 1.29 is 37.4 Å². The van der Waals surface area contributed by atoms with Gasteiger partial charge in [-0.05, 0) is 55.5 Å². The molecule has 0 saturated carbocycles. The molecule has 39 heavy (non-hydrogen) atoms. The normalized spacial score (nSPS) is 21.8. The number of unbranched alkanes of at least 4 members (excludes halogenated alkanes) is 1. The molecule has 0 radical (unpaired) electrons. The summed E-state index contributed by atoms with van der Waals surface area (Å²) < 4.78 is 36.7. The summed E-state index contributed by atoms with van der Waals surface area (Å²) in [6.07, 6.45) is 3.09. The van der Waals surface area contributed by atoms with Gasteiger partial charge in [-0.2, -0.15) is 0 Å². The standard InChI is InChI=1S/C27H33N3O8S/c1-37-26(34)25-20(31)5-4-6-21(25)38-14-3-2-13-28-17-27(12-11-23(32)29-27)16-18-7-9-19(10-8-18)22-15-24(33)30-39(22,35)36/h4-10,22,28,31H,2-3,11-17H2,1H3,(H,29,32)(H,30,33). The molecule has 2 saturated heterocycles. The largest absolute Gasteiger partial charge is 0.507 e. The number of rotatable bonds is 12. The first kappa shape index (κ1) is 28.4. The van der Waals surface area contributed by atoms with Crippen molar-refractivity contribution >= 4 is 27.8 Å². The Kier molecular flexibility index (Phi) is 8.76. The lowest BCUT2D eigenvalue weighted by Crippen LogP contribution is -2.51. The van der Waals surface area contributed by atoms with Crippen LogP contribution in [-0.2, 0) is 30.8 Å². The van der Waals surface area contributed by atoms with Crippen LogP contribution in [0.15, 0.2) is 42.5 Å². The number of hydrogen-bond donors (Lipinski definition) is 4. The number of esters is 1. The minimum Gasteiger partial charge on any atom is -0.507 e. The first-order valence-corrected chi connectivity index (χ1v) is 14.4. The summed E-state index contributed by atoms with van der Waals surface area (Å²) in [6.45, 7) is 1.60. The highest BCUT2D eigenvalue weighted by Gasteiger charge is 2.39. The number of phenolic OH excluding ortho intramolecular Hbond substituents is 1. The van der Waals surface area contributed by atoms with Crippen molar-refractivity contribution in [1.29, 1.82) is 0 Å². The first-order chi connectivity index (χ1) is 18.6. The van der Waals surface area contributed by atoms with Gasteiger partial charge >= 0.3 is 5.97 Å². The fraction of sp³-hybridized carbons (Fsp3) is 0.444. The maximum absolute atomic E-state index is 12.2. The molecular formula is C27H33N3O8S. The van der Waals surface area contributed by atoms with E-state index >= 15 is 0 Å². The number of ether oxygens (including phenoxy) is 2. The smallest absolute Gasteiger partial charge is 0.345 e. The summed E-state index contributed by atoms with van der Waals surface area (Å²) in [5, 5.41) is 15.6. The molecule has 11 nitrogen and oxygen atoms in total. The number of methoxy groups -OCH3 is 1. The Labute approximate surface area is 227 Å². The highest BCUT2D eigenvalue weighted by atomic mass is 32.2. The van der Waals surface area contributed by atoms with Crippen molar-refractivity contribution in [3.05, 3.63) is 59.2 Å². The third kappa shape index (κ3) is 6.87. The fourth-order valence-electron chi connectivity index (χ4n) is 5.00. The molecule has 0 spiro atoms. The summed E-state index contributed by atoms with van der Waals surface area (Å²) >= 11 is 0. The first-order valence-electron chi connectivity index (χ1n) is 12.8. The van der Waals surface area contributed by atoms with Gasteiger partial charge in [-0.25, -0.2) is 13.2 Å². The maximum atomic E-state index is 12.2. The molecule has 2 aliphatic rings. The van der Waals surface area contributed by atoms with E-state index in [1.54, 1.807) is 24.3 Å². The number of nitrogens with one attached hydrogen (secondary N) is 3. The predicted octanol–water partition coefficient (Wildman–Crippen LogP) is 1.71. The van der Waals surface area contributed by atoms with Crippen LogP contribution in [0.5, 0.6) is 11.5 Å². The minimum absolute atomic E-state index is 0.0000894. The Balaban J connectivity index is 1.26. The Hall–Kier alpha value is -3.64. The van der Waals surface area contributed by atoms with Crippen LogP contribution in [0, 0.1) is 0 Å². The number of phenols is 1. The molecule has 2 amide bonds. The number of aromatic hydroxyl groups is 1. The van der Waals surface area contributed by atoms with Crippen molar-refractivity contribution in [3.63, 3.8) is 0 Å². The molecule has 210 valence electrons. The van der Waals surface area contributed by atoms with Crippen LogP contribution in [0.2, 0.25) is 0 Å². The number of carbonyl (C=O) groups is 3. The summed E-state index contributed by atoms with van der Waals surface area (Å²) in [4.78, 5) is 35.6. The second kappa shape index (κ2) is 12.0. The number of benzene rings is 2. The quantitative estimate of drug-likeness (QED) is 0.224. The lowest BCUT2D eigenvalue weighted by atomic mass is 9.88. The molecule has 2 atom stereocenters. The molecule has 4 N–H and O–H groups in total. The van der Waals surface area contributed by atoms with Gasteiger partial charge in [0, 0.05) is 13.0 Å². The Bertz CT molecular complexity index is 1330. The average Bonchev–Trinajstić information content (AvgIpc) is 3.40. The number of sulfonamides is 1. The summed E-state index contributed by atoms with van der Waals surface area (Å²) in [7, 11) is -2.46. The van der Waals surface area contributed by atoms with Crippen LogP contribution >= 0.6 is 0 Å². The second-order valence-electron chi connectivity index (χ2n) is 9.88. The van der Waals surface area contributed by atoms with Crippen LogP contribution in [-0.4, -0.2) is 63.7 Å². The molecule has 2 unspecified atom stereocenters. The van der Waals surface area contributed by atoms with Gasteiger partial charge in [0.2, 0.25) is 21.8 Å². The van der Waals surface area contributed by atoms with Crippen LogP contribution in [0.1, 0.15) is 58.8 Å². The monoisotopic (exact) mass is 559 g/mol. The SMILES string of the molecule is COC(=O)c1c(O)cccc1OCCCCNCC1(Cc2ccc(C3CC(=O)NS3(=O)=O)cc2)CCC(=O)N1. The minimum atomic E-state index is -3.70. The molecule has 2 aromatic carbocycles. The summed E-state index contributed by atoms with van der Waals surface area (Å²) in [5.41, 5.74) is 1.06. The highest BCUT2D eigenvalue weighted by molar-refractivity contribution is 7.90. The molecule has 2 fully saturated rings. The number of amides is 2. The van der Waals surface area contributed by atoms with Crippen LogP contribution in [0.3, 0.4) is 0 Å². The van der Waals surface area contributed by atoms with Crippen LogP contribution in [0.25, 0.3) is 0 Å². The third-order valence-electron chi connectivity index (χ3n) is 6.99. The van der Waals surface area contributed by atoms with Crippen molar-refractivity contribution in [3.8, 4) is 11.5 Å². The molecule has 4 rings (SSSR count). The van der Waals surface area contributed by atoms with Gasteiger partial charge in [-0.3, -0.25) is 14.3 Å². The van der Waals surface area contributed by atoms with Gasteiger partial charge in [-0.1, -0.05) is 30.3 Å². The molecule has 0 aliphatic carbocycles. The lowest BCUT2D eigenvalue weighted by molar-refractivity contribution is -0.120. The highest BCUT2D eigenvalue weighted by Crippen LogP contribution is 2.31. The topological polar surface area (TPSA) is 160 Å². The van der Waals surface area contributed by atoms with E-state index in [1.165, 1.54) is 13.2 Å². The molecular weight excluding hydrogens is 526 g/mol.